The van der Waals surface area contributed by atoms with Crippen LogP contribution in [0.2, 0.25) is 0 Å². The second-order valence-corrected chi connectivity index (χ2v) is 10.1. The van der Waals surface area contributed by atoms with Crippen LogP contribution in [0.25, 0.3) is 0 Å². The molecule has 0 aliphatic rings. The van der Waals surface area contributed by atoms with Crippen molar-refractivity contribution in [1.29, 1.82) is 0 Å². The van der Waals surface area contributed by atoms with Gasteiger partial charge in [0.25, 0.3) is 0 Å². The van der Waals surface area contributed by atoms with Crippen molar-refractivity contribution in [2.24, 2.45) is 0 Å². The van der Waals surface area contributed by atoms with E-state index in [9.17, 15) is 18.0 Å². The second-order valence-electron chi connectivity index (χ2n) is 7.34. The molecule has 2 N–H and O–H groups in total. The SMILES string of the molecule is CCC[C@H](C(=O)NCc1ccco1)N(Cc1cccs1)C(=O)CNS(=O)(=O)c1ccccc1. The molecule has 0 fully saturated rings. The fourth-order valence-electron chi connectivity index (χ4n) is 3.29. The molecule has 8 nitrogen and oxygen atoms in total. The van der Waals surface area contributed by atoms with Crippen molar-refractivity contribution >= 4 is 33.2 Å². The normalized spacial score (nSPS) is 12.3. The highest BCUT2D eigenvalue weighted by atomic mass is 32.2. The van der Waals surface area contributed by atoms with Gasteiger partial charge in [-0.05, 0) is 42.1 Å². The van der Waals surface area contributed by atoms with Crippen LogP contribution in [0.15, 0.2) is 75.6 Å². The number of sulfonamides is 1. The van der Waals surface area contributed by atoms with Crippen LogP contribution in [0.1, 0.15) is 30.4 Å². The fraction of sp³-hybridized carbons (Fsp3) is 0.304. The molecule has 2 heterocycles. The maximum absolute atomic E-state index is 13.2. The third-order valence-electron chi connectivity index (χ3n) is 4.95. The van der Waals surface area contributed by atoms with Gasteiger partial charge < -0.3 is 14.6 Å². The summed E-state index contributed by atoms with van der Waals surface area (Å²) in [6.45, 7) is 1.89. The first-order chi connectivity index (χ1) is 15.9. The number of carbonyl (C=O) groups excluding carboxylic acids is 2. The van der Waals surface area contributed by atoms with Crippen LogP contribution in [0, 0.1) is 0 Å². The van der Waals surface area contributed by atoms with Gasteiger partial charge in [-0.1, -0.05) is 37.6 Å². The highest BCUT2D eigenvalue weighted by Crippen LogP contribution is 2.18. The molecule has 2 aromatic heterocycles. The Labute approximate surface area is 197 Å². The molecule has 1 atom stereocenters. The lowest BCUT2D eigenvalue weighted by atomic mass is 10.1. The molecule has 0 aliphatic carbocycles. The van der Waals surface area contributed by atoms with Gasteiger partial charge in [0, 0.05) is 4.88 Å². The Balaban J connectivity index is 1.76. The minimum absolute atomic E-state index is 0.0731. The summed E-state index contributed by atoms with van der Waals surface area (Å²) in [5.74, 6) is -0.191. The van der Waals surface area contributed by atoms with E-state index in [0.717, 1.165) is 4.88 Å². The van der Waals surface area contributed by atoms with Gasteiger partial charge >= 0.3 is 0 Å². The smallest absolute Gasteiger partial charge is 0.243 e. The van der Waals surface area contributed by atoms with Crippen molar-refractivity contribution in [2.75, 3.05) is 6.54 Å². The van der Waals surface area contributed by atoms with Crippen molar-refractivity contribution in [2.45, 2.75) is 43.8 Å². The summed E-state index contributed by atoms with van der Waals surface area (Å²) in [7, 11) is -3.86. The lowest BCUT2D eigenvalue weighted by molar-refractivity contribution is -0.140. The molecule has 33 heavy (non-hydrogen) atoms. The molecule has 3 aromatic rings. The molecule has 0 aliphatic heterocycles. The van der Waals surface area contributed by atoms with E-state index in [-0.39, 0.29) is 23.9 Å². The maximum Gasteiger partial charge on any atom is 0.243 e. The van der Waals surface area contributed by atoms with Crippen molar-refractivity contribution < 1.29 is 22.4 Å². The molecular formula is C23H27N3O5S2. The van der Waals surface area contributed by atoms with Gasteiger partial charge in [0.15, 0.2) is 0 Å². The Kier molecular flexibility index (Phi) is 8.81. The monoisotopic (exact) mass is 489 g/mol. The summed E-state index contributed by atoms with van der Waals surface area (Å²) in [6, 6.07) is 14.3. The zero-order valence-electron chi connectivity index (χ0n) is 18.3. The van der Waals surface area contributed by atoms with Crippen LogP contribution in [-0.2, 0) is 32.7 Å². The number of amides is 2. The third kappa shape index (κ3) is 7.01. The Morgan fingerprint density at radius 2 is 1.88 bits per heavy atom. The lowest BCUT2D eigenvalue weighted by Crippen LogP contribution is -2.51. The standard InChI is InChI=1S/C23H27N3O5S2/c1-2-8-21(23(28)24-15-18-9-6-13-31-18)26(17-19-10-7-14-32-19)22(27)16-25-33(29,30)20-11-4-3-5-12-20/h3-7,9-14,21,25H,2,8,15-17H2,1H3,(H,24,28)/t21-/m1/s1. The number of benzene rings is 1. The number of nitrogens with zero attached hydrogens (tertiary/aromatic N) is 1. The van der Waals surface area contributed by atoms with Crippen molar-refractivity contribution in [3.8, 4) is 0 Å². The Morgan fingerprint density at radius 3 is 2.52 bits per heavy atom. The fourth-order valence-corrected chi connectivity index (χ4v) is 4.99. The second kappa shape index (κ2) is 11.8. The molecule has 0 saturated heterocycles. The van der Waals surface area contributed by atoms with Crippen LogP contribution in [0.3, 0.4) is 0 Å². The van der Waals surface area contributed by atoms with Crippen LogP contribution >= 0.6 is 11.3 Å². The summed E-state index contributed by atoms with van der Waals surface area (Å²) in [4.78, 5) is 28.7. The zero-order chi connectivity index (χ0) is 23.7. The molecule has 2 amide bonds. The van der Waals surface area contributed by atoms with E-state index in [4.69, 9.17) is 4.42 Å². The molecule has 176 valence electrons. The third-order valence-corrected chi connectivity index (χ3v) is 7.23. The Hall–Kier alpha value is -2.95. The van der Waals surface area contributed by atoms with Crippen molar-refractivity contribution in [1.82, 2.24) is 14.9 Å². The van der Waals surface area contributed by atoms with Gasteiger partial charge in [0.2, 0.25) is 21.8 Å². The highest BCUT2D eigenvalue weighted by Gasteiger charge is 2.30. The predicted octanol–water partition coefficient (Wildman–Crippen LogP) is 3.13. The Bertz CT molecular complexity index is 1110. The van der Waals surface area contributed by atoms with Crippen LogP contribution in [-0.4, -0.2) is 37.7 Å². The minimum atomic E-state index is -3.86. The van der Waals surface area contributed by atoms with E-state index in [1.807, 2.05) is 24.4 Å². The molecule has 0 unspecified atom stereocenters. The molecule has 0 saturated carbocycles. The van der Waals surface area contributed by atoms with Crippen molar-refractivity contribution in [3.05, 3.63) is 76.9 Å². The first-order valence-corrected chi connectivity index (χ1v) is 12.9. The van der Waals surface area contributed by atoms with E-state index in [2.05, 4.69) is 10.0 Å². The molecule has 0 spiro atoms. The van der Waals surface area contributed by atoms with E-state index in [1.165, 1.54) is 34.6 Å². The topological polar surface area (TPSA) is 109 Å². The van der Waals surface area contributed by atoms with Gasteiger partial charge in [-0.3, -0.25) is 9.59 Å². The van der Waals surface area contributed by atoms with Crippen LogP contribution in [0.5, 0.6) is 0 Å². The quantitative estimate of drug-likeness (QED) is 0.406. The number of hydrogen-bond acceptors (Lipinski definition) is 6. The highest BCUT2D eigenvalue weighted by molar-refractivity contribution is 7.89. The number of hydrogen-bond donors (Lipinski definition) is 2. The average molecular weight is 490 g/mol. The van der Waals surface area contributed by atoms with Gasteiger partial charge in [-0.25, -0.2) is 13.1 Å². The molecule has 0 radical (unpaired) electrons. The van der Waals surface area contributed by atoms with Crippen LogP contribution in [0.4, 0.5) is 0 Å². The van der Waals surface area contributed by atoms with Gasteiger partial charge in [-0.15, -0.1) is 11.3 Å². The van der Waals surface area contributed by atoms with Gasteiger partial charge in [0.05, 0.1) is 30.8 Å². The molecule has 10 heteroatoms. The number of nitrogens with one attached hydrogen (secondary N) is 2. The predicted molar refractivity (Wildman–Crippen MR) is 126 cm³/mol. The summed E-state index contributed by atoms with van der Waals surface area (Å²) in [5, 5.41) is 4.71. The molecule has 0 bridgehead atoms. The van der Waals surface area contributed by atoms with Gasteiger partial charge in [-0.2, -0.15) is 0 Å². The maximum atomic E-state index is 13.2. The Morgan fingerprint density at radius 1 is 1.09 bits per heavy atom. The van der Waals surface area contributed by atoms with Gasteiger partial charge in [0.1, 0.15) is 11.8 Å². The number of thiophene rings is 1. The minimum Gasteiger partial charge on any atom is -0.467 e. The van der Waals surface area contributed by atoms with E-state index < -0.39 is 28.5 Å². The molecule has 1 aromatic carbocycles. The van der Waals surface area contributed by atoms with Crippen molar-refractivity contribution in [3.63, 3.8) is 0 Å². The first-order valence-electron chi connectivity index (χ1n) is 10.6. The van der Waals surface area contributed by atoms with E-state index in [1.54, 1.807) is 30.3 Å². The lowest BCUT2D eigenvalue weighted by Gasteiger charge is -2.30. The summed E-state index contributed by atoms with van der Waals surface area (Å²) in [5.41, 5.74) is 0. The van der Waals surface area contributed by atoms with E-state index >= 15 is 0 Å². The summed E-state index contributed by atoms with van der Waals surface area (Å²) in [6.07, 6.45) is 2.63. The zero-order valence-corrected chi connectivity index (χ0v) is 19.9. The van der Waals surface area contributed by atoms with Crippen LogP contribution < -0.4 is 10.0 Å². The number of furan rings is 1. The first kappa shape index (κ1) is 24.7. The molecular weight excluding hydrogens is 462 g/mol. The largest absolute Gasteiger partial charge is 0.467 e. The average Bonchev–Trinajstić information content (AvgIpc) is 3.53. The molecule has 3 rings (SSSR count). The van der Waals surface area contributed by atoms with E-state index in [0.29, 0.717) is 18.6 Å². The number of carbonyl (C=O) groups is 2. The number of rotatable bonds is 12. The summed E-state index contributed by atoms with van der Waals surface area (Å²) < 4.78 is 32.8. The summed E-state index contributed by atoms with van der Waals surface area (Å²) >= 11 is 1.47.